The van der Waals surface area contributed by atoms with E-state index in [-0.39, 0.29) is 17.4 Å². The monoisotopic (exact) mass is 566 g/mol. The lowest BCUT2D eigenvalue weighted by Crippen LogP contribution is -2.47. The van der Waals surface area contributed by atoms with Gasteiger partial charge in [0.2, 0.25) is 0 Å². The molecule has 31 heavy (non-hydrogen) atoms. The van der Waals surface area contributed by atoms with E-state index in [4.69, 9.17) is 9.16 Å². The second-order valence-corrected chi connectivity index (χ2v) is 17.1. The fraction of sp³-hybridized carbons (Fsp3) is 0.926. The van der Waals surface area contributed by atoms with E-state index in [1.54, 1.807) is 0 Å². The van der Waals surface area contributed by atoms with Crippen molar-refractivity contribution in [3.05, 3.63) is 12.2 Å². The lowest BCUT2D eigenvalue weighted by Gasteiger charge is -2.41. The maximum Gasteiger partial charge on any atom is 0.195 e. The van der Waals surface area contributed by atoms with Gasteiger partial charge in [-0.05, 0) is 37.9 Å². The SMILES string of the molecule is C/C=C/C(CCCCCCC)O[C@@H](O[Si](C)(C)C(C)(C)C)[C@@H](I)CCCCCCCC. The van der Waals surface area contributed by atoms with Gasteiger partial charge in [-0.1, -0.05) is 140 Å². The first-order chi connectivity index (χ1) is 14.6. The highest BCUT2D eigenvalue weighted by Crippen LogP contribution is 2.39. The molecule has 0 fully saturated rings. The van der Waals surface area contributed by atoms with E-state index in [1.807, 2.05) is 0 Å². The van der Waals surface area contributed by atoms with Crippen molar-refractivity contribution in [2.24, 2.45) is 0 Å². The molecule has 0 N–H and O–H groups in total. The van der Waals surface area contributed by atoms with Gasteiger partial charge < -0.3 is 9.16 Å². The summed E-state index contributed by atoms with van der Waals surface area (Å²) in [4.78, 5) is 0. The van der Waals surface area contributed by atoms with Crippen LogP contribution in [-0.4, -0.2) is 24.6 Å². The molecule has 0 rings (SSSR count). The van der Waals surface area contributed by atoms with Gasteiger partial charge in [-0.2, -0.15) is 0 Å². The number of ether oxygens (including phenoxy) is 1. The van der Waals surface area contributed by atoms with Crippen LogP contribution in [0.15, 0.2) is 12.2 Å². The van der Waals surface area contributed by atoms with E-state index in [2.05, 4.69) is 89.4 Å². The predicted molar refractivity (Wildman–Crippen MR) is 151 cm³/mol. The normalized spacial score (nSPS) is 16.0. The standard InChI is InChI=1S/C27H55IO2Si/c1-9-12-14-16-18-20-23-25(28)26(30-31(7,8)27(4,5)6)29-24(21-11-3)22-19-17-15-13-10-2/h11,21,24-26H,9-10,12-20,22-23H2,1-8H3/b21-11+/t24?,25-,26-/m0/s1. The van der Waals surface area contributed by atoms with Crippen LogP contribution in [0.25, 0.3) is 0 Å². The third-order valence-corrected chi connectivity index (χ3v) is 12.3. The van der Waals surface area contributed by atoms with Crippen molar-refractivity contribution in [3.8, 4) is 0 Å². The summed E-state index contributed by atoms with van der Waals surface area (Å²) in [5.74, 6) is 0. The van der Waals surface area contributed by atoms with Gasteiger partial charge >= 0.3 is 0 Å². The Morgan fingerprint density at radius 3 is 1.77 bits per heavy atom. The molecule has 3 atom stereocenters. The number of hydrogen-bond donors (Lipinski definition) is 0. The van der Waals surface area contributed by atoms with E-state index in [0.717, 1.165) is 6.42 Å². The first-order valence-corrected chi connectivity index (χ1v) is 17.3. The first-order valence-electron chi connectivity index (χ1n) is 13.2. The van der Waals surface area contributed by atoms with Crippen LogP contribution >= 0.6 is 22.6 Å². The summed E-state index contributed by atoms with van der Waals surface area (Å²) in [5.41, 5.74) is 0. The molecular weight excluding hydrogens is 511 g/mol. The molecule has 0 aliphatic carbocycles. The van der Waals surface area contributed by atoms with Crippen molar-refractivity contribution in [2.45, 2.75) is 159 Å². The molecule has 0 aromatic carbocycles. The Labute approximate surface area is 211 Å². The van der Waals surface area contributed by atoms with Gasteiger partial charge in [0.25, 0.3) is 0 Å². The first kappa shape index (κ1) is 31.6. The molecule has 0 spiro atoms. The quantitative estimate of drug-likeness (QED) is 0.0387. The molecule has 0 radical (unpaired) electrons. The van der Waals surface area contributed by atoms with Crippen molar-refractivity contribution in [1.29, 1.82) is 0 Å². The highest BCUT2D eigenvalue weighted by Gasteiger charge is 2.41. The van der Waals surface area contributed by atoms with Crippen LogP contribution in [0.1, 0.15) is 125 Å². The maximum absolute atomic E-state index is 6.86. The van der Waals surface area contributed by atoms with Crippen LogP contribution in [0.2, 0.25) is 18.1 Å². The van der Waals surface area contributed by atoms with Crippen LogP contribution in [0.3, 0.4) is 0 Å². The van der Waals surface area contributed by atoms with Gasteiger partial charge in [-0.15, -0.1) is 0 Å². The Kier molecular flexibility index (Phi) is 18.4. The lowest BCUT2D eigenvalue weighted by molar-refractivity contribution is -0.112. The highest BCUT2D eigenvalue weighted by molar-refractivity contribution is 14.1. The van der Waals surface area contributed by atoms with Crippen LogP contribution < -0.4 is 0 Å². The predicted octanol–water partition coefficient (Wildman–Crippen LogP) is 10.2. The average Bonchev–Trinajstić information content (AvgIpc) is 2.68. The summed E-state index contributed by atoms with van der Waals surface area (Å²) in [5, 5.41) is 0.196. The van der Waals surface area contributed by atoms with Crippen molar-refractivity contribution in [2.75, 3.05) is 0 Å². The largest absolute Gasteiger partial charge is 0.391 e. The molecule has 1 unspecified atom stereocenters. The van der Waals surface area contributed by atoms with Crippen LogP contribution in [-0.2, 0) is 9.16 Å². The van der Waals surface area contributed by atoms with Gasteiger partial charge in [-0.25, -0.2) is 0 Å². The Hall–Kier alpha value is 0.607. The molecule has 2 nitrogen and oxygen atoms in total. The molecule has 0 aliphatic heterocycles. The summed E-state index contributed by atoms with van der Waals surface area (Å²) in [6, 6.07) is 0. The van der Waals surface area contributed by atoms with E-state index in [9.17, 15) is 0 Å². The summed E-state index contributed by atoms with van der Waals surface area (Å²) in [6.07, 6.45) is 21.3. The fourth-order valence-electron chi connectivity index (χ4n) is 3.46. The van der Waals surface area contributed by atoms with Crippen LogP contribution in [0, 0.1) is 0 Å². The zero-order valence-corrected chi connectivity index (χ0v) is 25.4. The molecular formula is C27H55IO2Si. The third-order valence-electron chi connectivity index (χ3n) is 6.65. The minimum atomic E-state index is -1.89. The van der Waals surface area contributed by atoms with Crippen molar-refractivity contribution >= 4 is 30.9 Å². The van der Waals surface area contributed by atoms with E-state index in [1.165, 1.54) is 77.0 Å². The third kappa shape index (κ3) is 15.2. The zero-order chi connectivity index (χ0) is 23.8. The van der Waals surface area contributed by atoms with Gasteiger partial charge in [-0.3, -0.25) is 0 Å². The number of halogens is 1. The number of unbranched alkanes of at least 4 members (excludes halogenated alkanes) is 9. The van der Waals surface area contributed by atoms with Gasteiger partial charge in [0.1, 0.15) is 0 Å². The molecule has 0 aromatic heterocycles. The van der Waals surface area contributed by atoms with Gasteiger partial charge in [0, 0.05) is 0 Å². The van der Waals surface area contributed by atoms with E-state index >= 15 is 0 Å². The lowest BCUT2D eigenvalue weighted by atomic mass is 10.1. The number of rotatable bonds is 19. The summed E-state index contributed by atoms with van der Waals surface area (Å²) in [6.45, 7) is 18.3. The van der Waals surface area contributed by atoms with E-state index in [0.29, 0.717) is 3.92 Å². The second-order valence-electron chi connectivity index (χ2n) is 10.7. The summed E-state index contributed by atoms with van der Waals surface area (Å²) >= 11 is 2.61. The van der Waals surface area contributed by atoms with Gasteiger partial charge in [0.05, 0.1) is 10.0 Å². The Morgan fingerprint density at radius 2 is 1.29 bits per heavy atom. The molecule has 0 heterocycles. The molecule has 4 heteroatoms. The Bertz CT molecular complexity index is 445. The van der Waals surface area contributed by atoms with Crippen LogP contribution in [0.4, 0.5) is 0 Å². The topological polar surface area (TPSA) is 18.5 Å². The van der Waals surface area contributed by atoms with Crippen molar-refractivity contribution in [1.82, 2.24) is 0 Å². The molecule has 0 saturated heterocycles. The minimum absolute atomic E-state index is 0.103. The summed E-state index contributed by atoms with van der Waals surface area (Å²) in [7, 11) is -1.89. The summed E-state index contributed by atoms with van der Waals surface area (Å²) < 4.78 is 14.0. The van der Waals surface area contributed by atoms with Gasteiger partial charge in [0.15, 0.2) is 14.6 Å². The van der Waals surface area contributed by atoms with Crippen molar-refractivity contribution in [3.63, 3.8) is 0 Å². The molecule has 0 amide bonds. The molecule has 186 valence electrons. The molecule has 0 aromatic rings. The van der Waals surface area contributed by atoms with Crippen molar-refractivity contribution < 1.29 is 9.16 Å². The molecule has 0 bridgehead atoms. The average molecular weight is 567 g/mol. The highest BCUT2D eigenvalue weighted by atomic mass is 127. The second kappa shape index (κ2) is 18.0. The fourth-order valence-corrected chi connectivity index (χ4v) is 5.64. The van der Waals surface area contributed by atoms with Crippen LogP contribution in [0.5, 0.6) is 0 Å². The molecule has 0 saturated carbocycles. The maximum atomic E-state index is 6.86. The minimum Gasteiger partial charge on any atom is -0.391 e. The Balaban J connectivity index is 5.00. The zero-order valence-electron chi connectivity index (χ0n) is 22.3. The molecule has 0 aliphatic rings. The number of hydrogen-bond acceptors (Lipinski definition) is 2. The van der Waals surface area contributed by atoms with E-state index < -0.39 is 8.32 Å². The smallest absolute Gasteiger partial charge is 0.195 e. The number of allylic oxidation sites excluding steroid dienone is 1. The Morgan fingerprint density at radius 1 is 0.806 bits per heavy atom. The number of alkyl halides is 1.